The van der Waals surface area contributed by atoms with Crippen molar-refractivity contribution in [3.05, 3.63) is 102 Å². The maximum absolute atomic E-state index is 13.4. The summed E-state index contributed by atoms with van der Waals surface area (Å²) in [6.07, 6.45) is 1.13. The zero-order chi connectivity index (χ0) is 22.1. The molecule has 0 saturated carbocycles. The topological polar surface area (TPSA) is 79.5 Å². The highest BCUT2D eigenvalue weighted by Crippen LogP contribution is 2.38. The molecule has 31 heavy (non-hydrogen) atoms. The van der Waals surface area contributed by atoms with E-state index in [1.807, 2.05) is 30.3 Å². The SMILES string of the molecule is C[C@H](O)C(O)(CCc1ccccc1)c1cn(S(=O)(=O)c2ccccc2)c2ccccc12. The molecular weight excluding hydrogens is 410 g/mol. The molecule has 0 aliphatic carbocycles. The quantitative estimate of drug-likeness (QED) is 0.458. The van der Waals surface area contributed by atoms with E-state index < -0.39 is 21.7 Å². The number of para-hydroxylation sites is 1. The van der Waals surface area contributed by atoms with E-state index in [-0.39, 0.29) is 11.3 Å². The fraction of sp³-hybridized carbons (Fsp3) is 0.200. The van der Waals surface area contributed by atoms with Crippen LogP contribution in [0.1, 0.15) is 24.5 Å². The number of aliphatic hydroxyl groups excluding tert-OH is 1. The summed E-state index contributed by atoms with van der Waals surface area (Å²) in [7, 11) is -3.87. The van der Waals surface area contributed by atoms with E-state index in [1.54, 1.807) is 54.6 Å². The van der Waals surface area contributed by atoms with Crippen molar-refractivity contribution >= 4 is 20.9 Å². The van der Waals surface area contributed by atoms with Gasteiger partial charge in [0.25, 0.3) is 10.0 Å². The Kier molecular flexibility index (Phi) is 5.71. The van der Waals surface area contributed by atoms with E-state index in [2.05, 4.69) is 0 Å². The molecule has 0 radical (unpaired) electrons. The summed E-state index contributed by atoms with van der Waals surface area (Å²) in [5.41, 5.74) is 0.267. The number of rotatable bonds is 7. The Morgan fingerprint density at radius 2 is 1.48 bits per heavy atom. The summed E-state index contributed by atoms with van der Waals surface area (Å²) in [5, 5.41) is 22.8. The van der Waals surface area contributed by atoms with Gasteiger partial charge in [-0.05, 0) is 43.5 Å². The summed E-state index contributed by atoms with van der Waals surface area (Å²) in [5.74, 6) is 0. The zero-order valence-corrected chi connectivity index (χ0v) is 18.0. The van der Waals surface area contributed by atoms with E-state index in [0.29, 0.717) is 22.9 Å². The molecule has 0 amide bonds. The van der Waals surface area contributed by atoms with Crippen LogP contribution in [0.5, 0.6) is 0 Å². The standard InChI is InChI=1S/C25H25NO4S/c1-19(27)25(28,17-16-20-10-4-2-5-11-20)23-18-26(24-15-9-8-14-22(23)24)31(29,30)21-12-6-3-7-13-21/h2-15,18-19,27-28H,16-17H2,1H3/t19-,25?/m0/s1. The van der Waals surface area contributed by atoms with Crippen LogP contribution in [0.2, 0.25) is 0 Å². The van der Waals surface area contributed by atoms with Crippen molar-refractivity contribution < 1.29 is 18.6 Å². The van der Waals surface area contributed by atoms with Gasteiger partial charge in [0.15, 0.2) is 0 Å². The molecule has 0 spiro atoms. The Labute approximate surface area is 182 Å². The van der Waals surface area contributed by atoms with Gasteiger partial charge in [0, 0.05) is 17.1 Å². The van der Waals surface area contributed by atoms with Crippen LogP contribution in [0.3, 0.4) is 0 Å². The normalized spacial score (nSPS) is 14.9. The van der Waals surface area contributed by atoms with Gasteiger partial charge >= 0.3 is 0 Å². The molecule has 160 valence electrons. The summed E-state index contributed by atoms with van der Waals surface area (Å²) in [6, 6.07) is 24.9. The van der Waals surface area contributed by atoms with Crippen LogP contribution in [-0.2, 0) is 22.0 Å². The van der Waals surface area contributed by atoms with Crippen molar-refractivity contribution in [2.24, 2.45) is 0 Å². The van der Waals surface area contributed by atoms with E-state index in [9.17, 15) is 18.6 Å². The van der Waals surface area contributed by atoms with Crippen LogP contribution in [0.4, 0.5) is 0 Å². The van der Waals surface area contributed by atoms with E-state index in [4.69, 9.17) is 0 Å². The highest BCUT2D eigenvalue weighted by atomic mass is 32.2. The number of aliphatic hydroxyl groups is 2. The van der Waals surface area contributed by atoms with E-state index >= 15 is 0 Å². The Balaban J connectivity index is 1.85. The molecule has 4 rings (SSSR count). The van der Waals surface area contributed by atoms with Crippen LogP contribution >= 0.6 is 0 Å². The second kappa shape index (κ2) is 8.30. The van der Waals surface area contributed by atoms with Gasteiger partial charge in [0.1, 0.15) is 5.60 Å². The minimum Gasteiger partial charge on any atom is -0.390 e. The molecule has 0 aliphatic rings. The van der Waals surface area contributed by atoms with Crippen LogP contribution in [0.15, 0.2) is 96.0 Å². The maximum Gasteiger partial charge on any atom is 0.268 e. The molecule has 6 heteroatoms. The van der Waals surface area contributed by atoms with E-state index in [0.717, 1.165) is 5.56 Å². The van der Waals surface area contributed by atoms with Gasteiger partial charge < -0.3 is 10.2 Å². The highest BCUT2D eigenvalue weighted by Gasteiger charge is 2.38. The van der Waals surface area contributed by atoms with Gasteiger partial charge in [-0.25, -0.2) is 12.4 Å². The average molecular weight is 436 g/mol. The number of benzene rings is 3. The van der Waals surface area contributed by atoms with Crippen molar-refractivity contribution in [3.8, 4) is 0 Å². The van der Waals surface area contributed by atoms with Gasteiger partial charge in [0.05, 0.1) is 16.5 Å². The van der Waals surface area contributed by atoms with Gasteiger partial charge in [-0.15, -0.1) is 0 Å². The second-order valence-corrected chi connectivity index (χ2v) is 9.57. The molecule has 0 bridgehead atoms. The van der Waals surface area contributed by atoms with Crippen molar-refractivity contribution in [1.29, 1.82) is 0 Å². The monoisotopic (exact) mass is 435 g/mol. The van der Waals surface area contributed by atoms with Crippen LogP contribution in [0, 0.1) is 0 Å². The molecule has 2 atom stereocenters. The smallest absolute Gasteiger partial charge is 0.268 e. The molecule has 3 aromatic carbocycles. The van der Waals surface area contributed by atoms with Crippen molar-refractivity contribution in [2.45, 2.75) is 36.4 Å². The molecule has 0 saturated heterocycles. The number of fused-ring (bicyclic) bond motifs is 1. The third-order valence-electron chi connectivity index (χ3n) is 5.77. The molecule has 1 heterocycles. The largest absolute Gasteiger partial charge is 0.390 e. The predicted octanol–water partition coefficient (Wildman–Crippen LogP) is 4.08. The molecule has 2 N–H and O–H groups in total. The number of hydrogen-bond donors (Lipinski definition) is 2. The number of hydrogen-bond acceptors (Lipinski definition) is 4. The molecule has 0 fully saturated rings. The Morgan fingerprint density at radius 1 is 0.903 bits per heavy atom. The Bertz CT molecular complexity index is 1280. The van der Waals surface area contributed by atoms with Gasteiger partial charge in [-0.2, -0.15) is 0 Å². The fourth-order valence-corrected chi connectivity index (χ4v) is 5.34. The predicted molar refractivity (Wildman–Crippen MR) is 121 cm³/mol. The maximum atomic E-state index is 13.4. The van der Waals surface area contributed by atoms with Crippen molar-refractivity contribution in [2.75, 3.05) is 0 Å². The summed E-state index contributed by atoms with van der Waals surface area (Å²) >= 11 is 0. The van der Waals surface area contributed by atoms with Crippen molar-refractivity contribution in [1.82, 2.24) is 3.97 Å². The third-order valence-corrected chi connectivity index (χ3v) is 7.46. The van der Waals surface area contributed by atoms with Gasteiger partial charge in [0.2, 0.25) is 0 Å². The van der Waals surface area contributed by atoms with Gasteiger partial charge in [-0.1, -0.05) is 66.7 Å². The molecule has 0 aliphatic heterocycles. The first kappa shape index (κ1) is 21.3. The fourth-order valence-electron chi connectivity index (χ4n) is 3.95. The zero-order valence-electron chi connectivity index (χ0n) is 17.2. The van der Waals surface area contributed by atoms with Crippen LogP contribution in [0.25, 0.3) is 10.9 Å². The number of aromatic nitrogens is 1. The average Bonchev–Trinajstić information content (AvgIpc) is 3.20. The first-order valence-corrected chi connectivity index (χ1v) is 11.6. The lowest BCUT2D eigenvalue weighted by molar-refractivity contribution is -0.0761. The third kappa shape index (κ3) is 3.90. The Hall–Kier alpha value is -2.93. The minimum atomic E-state index is -3.87. The lowest BCUT2D eigenvalue weighted by Crippen LogP contribution is -2.38. The van der Waals surface area contributed by atoms with Crippen LogP contribution < -0.4 is 0 Å². The summed E-state index contributed by atoms with van der Waals surface area (Å²) in [4.78, 5) is 0.159. The molecule has 1 aromatic heterocycles. The second-order valence-electron chi connectivity index (χ2n) is 7.76. The first-order chi connectivity index (χ1) is 14.8. The number of aryl methyl sites for hydroxylation is 1. The molecular formula is C25H25NO4S. The van der Waals surface area contributed by atoms with E-state index in [1.165, 1.54) is 17.1 Å². The summed E-state index contributed by atoms with van der Waals surface area (Å²) in [6.45, 7) is 1.53. The molecule has 5 nitrogen and oxygen atoms in total. The van der Waals surface area contributed by atoms with Crippen molar-refractivity contribution in [3.63, 3.8) is 0 Å². The lowest BCUT2D eigenvalue weighted by Gasteiger charge is -2.31. The minimum absolute atomic E-state index is 0.159. The van der Waals surface area contributed by atoms with Crippen LogP contribution in [-0.4, -0.2) is 28.7 Å². The van der Waals surface area contributed by atoms with Gasteiger partial charge in [-0.3, -0.25) is 0 Å². The molecule has 1 unspecified atom stereocenters. The Morgan fingerprint density at radius 3 is 2.13 bits per heavy atom. The summed E-state index contributed by atoms with van der Waals surface area (Å²) < 4.78 is 27.9. The number of nitrogens with zero attached hydrogens (tertiary/aromatic N) is 1. The highest BCUT2D eigenvalue weighted by molar-refractivity contribution is 7.90. The first-order valence-electron chi connectivity index (χ1n) is 10.2. The lowest BCUT2D eigenvalue weighted by atomic mass is 9.83. The molecule has 4 aromatic rings.